The fraction of sp³-hybridized carbons (Fsp3) is 0.625. The van der Waals surface area contributed by atoms with Crippen LogP contribution in [0.15, 0.2) is 24.3 Å². The van der Waals surface area contributed by atoms with E-state index in [4.69, 9.17) is 5.73 Å². The highest BCUT2D eigenvalue weighted by molar-refractivity contribution is 5.55. The summed E-state index contributed by atoms with van der Waals surface area (Å²) in [4.78, 5) is 2.56. The number of nitrogens with two attached hydrogens (primary N) is 1. The number of anilines is 1. The van der Waals surface area contributed by atoms with Crippen LogP contribution in [-0.2, 0) is 0 Å². The smallest absolute Gasteiger partial charge is 0.0401 e. The summed E-state index contributed by atoms with van der Waals surface area (Å²) in [6.45, 7) is 7.77. The summed E-state index contributed by atoms with van der Waals surface area (Å²) >= 11 is 0. The third kappa shape index (κ3) is 3.05. The molecular weight excluding hydrogens is 220 g/mol. The normalized spacial score (nSPS) is 17.4. The average molecular weight is 246 g/mol. The van der Waals surface area contributed by atoms with Crippen LogP contribution in [0.3, 0.4) is 0 Å². The van der Waals surface area contributed by atoms with Crippen molar-refractivity contribution in [2.75, 3.05) is 24.5 Å². The second-order valence-electron chi connectivity index (χ2n) is 5.72. The van der Waals surface area contributed by atoms with Crippen molar-refractivity contribution in [1.82, 2.24) is 0 Å². The Balaban J connectivity index is 2.05. The van der Waals surface area contributed by atoms with Gasteiger partial charge in [0.25, 0.3) is 0 Å². The van der Waals surface area contributed by atoms with Crippen molar-refractivity contribution >= 4 is 5.69 Å². The van der Waals surface area contributed by atoms with Crippen LogP contribution < -0.4 is 10.6 Å². The number of nitrogens with zero attached hydrogens (tertiary/aromatic N) is 1. The first-order valence-electron chi connectivity index (χ1n) is 7.26. The largest absolute Gasteiger partial charge is 0.371 e. The zero-order valence-corrected chi connectivity index (χ0v) is 11.7. The number of hydrogen-bond acceptors (Lipinski definition) is 2. The van der Waals surface area contributed by atoms with E-state index in [1.165, 1.54) is 43.6 Å². The molecule has 0 radical (unpaired) electrons. The van der Waals surface area contributed by atoms with Gasteiger partial charge in [-0.2, -0.15) is 0 Å². The maximum absolute atomic E-state index is 5.66. The van der Waals surface area contributed by atoms with E-state index in [1.807, 2.05) is 0 Å². The van der Waals surface area contributed by atoms with Crippen LogP contribution in [0.4, 0.5) is 5.69 Å². The second kappa shape index (κ2) is 6.24. The van der Waals surface area contributed by atoms with Gasteiger partial charge >= 0.3 is 0 Å². The Hall–Kier alpha value is -1.02. The van der Waals surface area contributed by atoms with Gasteiger partial charge in [-0.05, 0) is 49.3 Å². The molecule has 1 aromatic carbocycles. The number of rotatable bonds is 4. The van der Waals surface area contributed by atoms with Gasteiger partial charge in [-0.3, -0.25) is 0 Å². The van der Waals surface area contributed by atoms with Crippen LogP contribution in [0.1, 0.15) is 44.6 Å². The molecule has 0 saturated carbocycles. The molecule has 1 saturated heterocycles. The van der Waals surface area contributed by atoms with Gasteiger partial charge in [0, 0.05) is 18.8 Å². The molecule has 1 aliphatic heterocycles. The van der Waals surface area contributed by atoms with Crippen molar-refractivity contribution < 1.29 is 0 Å². The first-order chi connectivity index (χ1) is 8.72. The van der Waals surface area contributed by atoms with Crippen LogP contribution >= 0.6 is 0 Å². The molecule has 1 aromatic rings. The van der Waals surface area contributed by atoms with E-state index in [2.05, 4.69) is 43.0 Å². The lowest BCUT2D eigenvalue weighted by atomic mass is 9.92. The molecule has 0 bridgehead atoms. The van der Waals surface area contributed by atoms with Crippen LogP contribution in [0.25, 0.3) is 0 Å². The molecule has 18 heavy (non-hydrogen) atoms. The van der Waals surface area contributed by atoms with Gasteiger partial charge in [0.15, 0.2) is 0 Å². The molecule has 2 heteroatoms. The van der Waals surface area contributed by atoms with Crippen molar-refractivity contribution in [2.24, 2.45) is 11.7 Å². The first kappa shape index (κ1) is 13.4. The van der Waals surface area contributed by atoms with E-state index in [0.717, 1.165) is 12.5 Å². The molecule has 2 N–H and O–H groups in total. The van der Waals surface area contributed by atoms with E-state index < -0.39 is 0 Å². The Bertz CT molecular complexity index is 365. The van der Waals surface area contributed by atoms with Crippen molar-refractivity contribution in [3.05, 3.63) is 29.8 Å². The second-order valence-corrected chi connectivity index (χ2v) is 5.72. The van der Waals surface area contributed by atoms with Crippen molar-refractivity contribution in [2.45, 2.75) is 39.0 Å². The van der Waals surface area contributed by atoms with Gasteiger partial charge in [-0.1, -0.05) is 32.0 Å². The maximum Gasteiger partial charge on any atom is 0.0401 e. The van der Waals surface area contributed by atoms with Gasteiger partial charge in [0.05, 0.1) is 0 Å². The minimum atomic E-state index is 0.600. The van der Waals surface area contributed by atoms with Crippen LogP contribution in [0.5, 0.6) is 0 Å². The third-order valence-corrected chi connectivity index (χ3v) is 4.09. The summed E-state index contributed by atoms with van der Waals surface area (Å²) < 4.78 is 0. The minimum Gasteiger partial charge on any atom is -0.371 e. The zero-order chi connectivity index (χ0) is 13.0. The van der Waals surface area contributed by atoms with E-state index in [1.54, 1.807) is 0 Å². The Morgan fingerprint density at radius 2 is 1.89 bits per heavy atom. The van der Waals surface area contributed by atoms with Crippen molar-refractivity contribution in [1.29, 1.82) is 0 Å². The molecule has 1 aliphatic rings. The summed E-state index contributed by atoms with van der Waals surface area (Å²) in [5, 5.41) is 0. The highest BCUT2D eigenvalue weighted by atomic mass is 15.1. The lowest BCUT2D eigenvalue weighted by Crippen LogP contribution is -2.34. The SMILES string of the molecule is CC(C)c1ccccc1N1CCC(CCN)CC1. The molecule has 1 heterocycles. The molecule has 0 unspecified atom stereocenters. The minimum absolute atomic E-state index is 0.600. The molecule has 2 rings (SSSR count). The Morgan fingerprint density at radius 3 is 2.50 bits per heavy atom. The zero-order valence-electron chi connectivity index (χ0n) is 11.7. The summed E-state index contributed by atoms with van der Waals surface area (Å²) in [5.41, 5.74) is 8.58. The van der Waals surface area contributed by atoms with Crippen LogP contribution in [-0.4, -0.2) is 19.6 Å². The van der Waals surface area contributed by atoms with E-state index in [9.17, 15) is 0 Å². The standard InChI is InChI=1S/C16H26N2/c1-13(2)15-5-3-4-6-16(15)18-11-8-14(7-10-17)9-12-18/h3-6,13-14H,7-12,17H2,1-2H3. The Morgan fingerprint density at radius 1 is 1.22 bits per heavy atom. The topological polar surface area (TPSA) is 29.3 Å². The van der Waals surface area contributed by atoms with Gasteiger partial charge in [-0.15, -0.1) is 0 Å². The Kier molecular flexibility index (Phi) is 4.65. The van der Waals surface area contributed by atoms with Crippen molar-refractivity contribution in [3.63, 3.8) is 0 Å². The highest BCUT2D eigenvalue weighted by Gasteiger charge is 2.20. The van der Waals surface area contributed by atoms with Gasteiger partial charge in [0.2, 0.25) is 0 Å². The van der Waals surface area contributed by atoms with E-state index in [-0.39, 0.29) is 0 Å². The molecule has 0 aliphatic carbocycles. The first-order valence-corrected chi connectivity index (χ1v) is 7.26. The van der Waals surface area contributed by atoms with Gasteiger partial charge in [-0.25, -0.2) is 0 Å². The summed E-state index contributed by atoms with van der Waals surface area (Å²) in [7, 11) is 0. The summed E-state index contributed by atoms with van der Waals surface area (Å²) in [5.74, 6) is 1.44. The highest BCUT2D eigenvalue weighted by Crippen LogP contribution is 2.31. The quantitative estimate of drug-likeness (QED) is 0.882. The fourth-order valence-electron chi connectivity index (χ4n) is 2.96. The van der Waals surface area contributed by atoms with Crippen molar-refractivity contribution in [3.8, 4) is 0 Å². The molecule has 0 spiro atoms. The molecule has 2 nitrogen and oxygen atoms in total. The third-order valence-electron chi connectivity index (χ3n) is 4.09. The molecule has 0 aromatic heterocycles. The van der Waals surface area contributed by atoms with Crippen LogP contribution in [0, 0.1) is 5.92 Å². The number of benzene rings is 1. The van der Waals surface area contributed by atoms with Crippen LogP contribution in [0.2, 0.25) is 0 Å². The van der Waals surface area contributed by atoms with Gasteiger partial charge < -0.3 is 10.6 Å². The monoisotopic (exact) mass is 246 g/mol. The molecule has 1 fully saturated rings. The predicted molar refractivity (Wildman–Crippen MR) is 79.1 cm³/mol. The predicted octanol–water partition coefficient (Wildman–Crippen LogP) is 3.38. The average Bonchev–Trinajstić information content (AvgIpc) is 2.40. The van der Waals surface area contributed by atoms with Gasteiger partial charge in [0.1, 0.15) is 0 Å². The molecule has 100 valence electrons. The van der Waals surface area contributed by atoms with E-state index >= 15 is 0 Å². The number of piperidine rings is 1. The number of para-hydroxylation sites is 1. The molecular formula is C16H26N2. The summed E-state index contributed by atoms with van der Waals surface area (Å²) in [6, 6.07) is 8.86. The summed E-state index contributed by atoms with van der Waals surface area (Å²) in [6.07, 6.45) is 3.78. The fourth-order valence-corrected chi connectivity index (χ4v) is 2.96. The maximum atomic E-state index is 5.66. The Labute approximate surface area is 111 Å². The lowest BCUT2D eigenvalue weighted by molar-refractivity contribution is 0.386. The molecule has 0 amide bonds. The molecule has 0 atom stereocenters. The lowest BCUT2D eigenvalue weighted by Gasteiger charge is -2.35. The number of hydrogen-bond donors (Lipinski definition) is 1. The van der Waals surface area contributed by atoms with E-state index in [0.29, 0.717) is 5.92 Å².